The van der Waals surface area contributed by atoms with Crippen LogP contribution in [0, 0.1) is 23.7 Å². The first kappa shape index (κ1) is 21.3. The maximum Gasteiger partial charge on any atom is 0.164 e. The maximum absolute atomic E-state index is 13.5. The summed E-state index contributed by atoms with van der Waals surface area (Å²) in [6.45, 7) is 8.11. The number of carbonyl (C=O) groups excluding carboxylic acids is 1. The molecule has 0 aromatic carbocycles. The first-order chi connectivity index (χ1) is 14.8. The van der Waals surface area contributed by atoms with Gasteiger partial charge < -0.3 is 10.2 Å². The molecule has 0 amide bonds. The Bertz CT molecular complexity index is 1140. The number of rotatable bonds is 4. The van der Waals surface area contributed by atoms with E-state index in [1.54, 1.807) is 24.2 Å². The fraction of sp³-hybridized carbons (Fsp3) is 0.375. The van der Waals surface area contributed by atoms with E-state index in [-0.39, 0.29) is 11.2 Å². The van der Waals surface area contributed by atoms with Gasteiger partial charge in [0.05, 0.1) is 29.4 Å². The highest BCUT2D eigenvalue weighted by atomic mass is 32.2. The number of nitrogens with zero attached hydrogens (tertiary/aromatic N) is 3. The molecule has 2 aliphatic rings. The number of ketones is 1. The average Bonchev–Trinajstić information content (AvgIpc) is 3.07. The number of allylic oxidation sites excluding steroid dienone is 3. The van der Waals surface area contributed by atoms with Crippen molar-refractivity contribution in [2.24, 2.45) is 11.1 Å². The summed E-state index contributed by atoms with van der Waals surface area (Å²) in [5.41, 5.74) is 9.88. The van der Waals surface area contributed by atoms with E-state index in [9.17, 15) is 10.1 Å². The molecule has 0 fully saturated rings. The van der Waals surface area contributed by atoms with Gasteiger partial charge in [-0.3, -0.25) is 14.7 Å². The van der Waals surface area contributed by atoms with Crippen LogP contribution in [0.3, 0.4) is 0 Å². The normalized spacial score (nSPS) is 20.7. The second-order valence-corrected chi connectivity index (χ2v) is 9.96. The van der Waals surface area contributed by atoms with Crippen molar-refractivity contribution in [3.05, 3.63) is 64.6 Å². The minimum Gasteiger partial charge on any atom is -0.455 e. The third-order valence-corrected chi connectivity index (χ3v) is 6.59. The number of nitriles is 1. The Morgan fingerprint density at radius 3 is 2.84 bits per heavy atom. The van der Waals surface area contributed by atoms with Crippen LogP contribution in [0.5, 0.6) is 0 Å². The minimum absolute atomic E-state index is 0.0525. The van der Waals surface area contributed by atoms with Crippen LogP contribution in [0.4, 0.5) is 5.69 Å². The van der Waals surface area contributed by atoms with E-state index < -0.39 is 5.92 Å². The Morgan fingerprint density at radius 1 is 1.42 bits per heavy atom. The van der Waals surface area contributed by atoms with Crippen molar-refractivity contribution in [1.29, 1.82) is 5.26 Å². The predicted octanol–water partition coefficient (Wildman–Crippen LogP) is 5.04. The van der Waals surface area contributed by atoms with Crippen molar-refractivity contribution >= 4 is 23.2 Å². The molecule has 6 nitrogen and oxygen atoms in total. The molecule has 0 bridgehead atoms. The molecule has 3 heterocycles. The summed E-state index contributed by atoms with van der Waals surface area (Å²) in [4.78, 5) is 19.6. The molecule has 1 unspecified atom stereocenters. The van der Waals surface area contributed by atoms with Gasteiger partial charge in [-0.1, -0.05) is 32.5 Å². The molecule has 160 valence electrons. The number of hydrogen-bond acceptors (Lipinski definition) is 7. The van der Waals surface area contributed by atoms with Crippen LogP contribution in [-0.4, -0.2) is 16.5 Å². The van der Waals surface area contributed by atoms with E-state index in [1.807, 2.05) is 36.9 Å². The van der Waals surface area contributed by atoms with E-state index in [0.29, 0.717) is 29.8 Å². The van der Waals surface area contributed by atoms with Gasteiger partial charge in [0.2, 0.25) is 0 Å². The summed E-state index contributed by atoms with van der Waals surface area (Å²) < 4.78 is 5.94. The number of furan rings is 1. The third kappa shape index (κ3) is 3.66. The zero-order valence-corrected chi connectivity index (χ0v) is 19.0. The second kappa shape index (κ2) is 7.93. The van der Waals surface area contributed by atoms with E-state index >= 15 is 0 Å². The highest BCUT2D eigenvalue weighted by molar-refractivity contribution is 7.99. The molecule has 4 rings (SSSR count). The Morgan fingerprint density at radius 2 is 2.19 bits per heavy atom. The molecule has 2 N–H and O–H groups in total. The second-order valence-electron chi connectivity index (χ2n) is 8.72. The first-order valence-corrected chi connectivity index (χ1v) is 11.3. The molecule has 0 saturated carbocycles. The molecule has 0 spiro atoms. The Kier molecular flexibility index (Phi) is 5.44. The SMILES string of the molecule is CCSc1oc(C)cc1C1C(C#N)=C(N)N(c2cccnc2)C2=C1C(=O)CC(C)(C)C2. The van der Waals surface area contributed by atoms with Crippen LogP contribution in [0.15, 0.2) is 62.8 Å². The molecule has 7 heteroatoms. The van der Waals surface area contributed by atoms with E-state index in [2.05, 4.69) is 24.9 Å². The lowest BCUT2D eigenvalue weighted by atomic mass is 9.69. The molecule has 0 radical (unpaired) electrons. The zero-order chi connectivity index (χ0) is 22.3. The van der Waals surface area contributed by atoms with Gasteiger partial charge in [-0.25, -0.2) is 0 Å². The van der Waals surface area contributed by atoms with E-state index in [0.717, 1.165) is 33.6 Å². The molecule has 1 aliphatic heterocycles. The van der Waals surface area contributed by atoms with Crippen molar-refractivity contribution in [2.45, 2.75) is 51.5 Å². The summed E-state index contributed by atoms with van der Waals surface area (Å²) >= 11 is 1.57. The molecule has 1 aliphatic carbocycles. The fourth-order valence-corrected chi connectivity index (χ4v) is 5.35. The van der Waals surface area contributed by atoms with Crippen LogP contribution in [0.1, 0.15) is 50.9 Å². The van der Waals surface area contributed by atoms with Crippen LogP contribution >= 0.6 is 11.8 Å². The molecule has 2 aromatic heterocycles. The van der Waals surface area contributed by atoms with Gasteiger partial charge in [0.1, 0.15) is 11.6 Å². The predicted molar refractivity (Wildman–Crippen MR) is 121 cm³/mol. The largest absolute Gasteiger partial charge is 0.455 e. The minimum atomic E-state index is -0.525. The Balaban J connectivity index is 2.01. The smallest absolute Gasteiger partial charge is 0.164 e. The summed E-state index contributed by atoms with van der Waals surface area (Å²) in [7, 11) is 0. The Labute approximate surface area is 186 Å². The van der Waals surface area contributed by atoms with Gasteiger partial charge in [-0.15, -0.1) is 0 Å². The quantitative estimate of drug-likeness (QED) is 0.674. The lowest BCUT2D eigenvalue weighted by Gasteiger charge is -2.43. The van der Waals surface area contributed by atoms with Crippen molar-refractivity contribution in [3.8, 4) is 6.07 Å². The fourth-order valence-electron chi connectivity index (χ4n) is 4.56. The molecular formula is C24H26N4O2S. The zero-order valence-electron chi connectivity index (χ0n) is 18.2. The van der Waals surface area contributed by atoms with Crippen molar-refractivity contribution < 1.29 is 9.21 Å². The van der Waals surface area contributed by atoms with Gasteiger partial charge in [0.15, 0.2) is 10.9 Å². The van der Waals surface area contributed by atoms with Gasteiger partial charge in [0.25, 0.3) is 0 Å². The molecule has 31 heavy (non-hydrogen) atoms. The number of nitrogens with two attached hydrogens (primary N) is 1. The standard InChI is InChI=1S/C24H26N4O2S/c1-5-31-23-16(9-14(2)30-23)20-17(12-25)22(26)28(15-7-6-8-27-13-15)18-10-24(3,4)11-19(29)21(18)20/h6-9,13,20H,5,10-11,26H2,1-4H3. The Hall–Kier alpha value is -2.98. The molecule has 0 saturated heterocycles. The first-order valence-electron chi connectivity index (χ1n) is 10.4. The van der Waals surface area contributed by atoms with Gasteiger partial charge in [-0.05, 0) is 42.7 Å². The average molecular weight is 435 g/mol. The molecular weight excluding hydrogens is 408 g/mol. The number of hydrogen-bond donors (Lipinski definition) is 1. The topological polar surface area (TPSA) is 96.2 Å². The van der Waals surface area contributed by atoms with Gasteiger partial charge >= 0.3 is 0 Å². The van der Waals surface area contributed by atoms with Gasteiger partial charge in [-0.2, -0.15) is 5.26 Å². The number of Topliss-reactive ketones (excluding diaryl/α,β-unsaturated/α-hetero) is 1. The van der Waals surface area contributed by atoms with Crippen LogP contribution in [0.25, 0.3) is 0 Å². The third-order valence-electron chi connectivity index (χ3n) is 5.72. The summed E-state index contributed by atoms with van der Waals surface area (Å²) in [6.07, 6.45) is 4.50. The summed E-state index contributed by atoms with van der Waals surface area (Å²) in [5, 5.41) is 10.9. The highest BCUT2D eigenvalue weighted by Crippen LogP contribution is 2.51. The molecule has 1 atom stereocenters. The number of aryl methyl sites for hydroxylation is 1. The van der Waals surface area contributed by atoms with E-state index in [1.165, 1.54) is 0 Å². The summed E-state index contributed by atoms with van der Waals surface area (Å²) in [6, 6.07) is 7.97. The van der Waals surface area contributed by atoms with Gasteiger partial charge in [0, 0.05) is 29.5 Å². The summed E-state index contributed by atoms with van der Waals surface area (Å²) in [5.74, 6) is 1.45. The van der Waals surface area contributed by atoms with Crippen LogP contribution in [0.2, 0.25) is 0 Å². The van der Waals surface area contributed by atoms with Crippen LogP contribution in [-0.2, 0) is 4.79 Å². The number of carbonyl (C=O) groups is 1. The van der Waals surface area contributed by atoms with Crippen LogP contribution < -0.4 is 10.6 Å². The monoisotopic (exact) mass is 434 g/mol. The lowest BCUT2D eigenvalue weighted by Crippen LogP contribution is -2.42. The highest BCUT2D eigenvalue weighted by Gasteiger charge is 2.45. The lowest BCUT2D eigenvalue weighted by molar-refractivity contribution is -0.118. The van der Waals surface area contributed by atoms with Crippen molar-refractivity contribution in [1.82, 2.24) is 4.98 Å². The number of aromatic nitrogens is 1. The number of pyridine rings is 1. The number of thioether (sulfide) groups is 1. The number of anilines is 1. The molecule has 2 aromatic rings. The maximum atomic E-state index is 13.5. The van der Waals surface area contributed by atoms with Crippen molar-refractivity contribution in [2.75, 3.05) is 10.7 Å². The van der Waals surface area contributed by atoms with Crippen molar-refractivity contribution in [3.63, 3.8) is 0 Å². The van der Waals surface area contributed by atoms with E-state index in [4.69, 9.17) is 10.2 Å².